The summed E-state index contributed by atoms with van der Waals surface area (Å²) in [5, 5.41) is 12.7. The maximum atomic E-state index is 11.4. The van der Waals surface area contributed by atoms with Gasteiger partial charge in [0.05, 0.1) is 16.9 Å². The van der Waals surface area contributed by atoms with E-state index in [9.17, 15) is 9.90 Å². The van der Waals surface area contributed by atoms with Crippen molar-refractivity contribution in [1.29, 1.82) is 0 Å². The molecule has 0 amide bonds. The van der Waals surface area contributed by atoms with E-state index in [1.807, 2.05) is 30.3 Å². The van der Waals surface area contributed by atoms with Crippen LogP contribution in [0.1, 0.15) is 22.9 Å². The predicted octanol–water partition coefficient (Wildman–Crippen LogP) is 3.13. The van der Waals surface area contributed by atoms with E-state index in [-0.39, 0.29) is 6.04 Å². The van der Waals surface area contributed by atoms with Crippen molar-refractivity contribution in [3.63, 3.8) is 0 Å². The van der Waals surface area contributed by atoms with Crippen molar-refractivity contribution in [1.82, 2.24) is 5.32 Å². The zero-order valence-corrected chi connectivity index (χ0v) is 12.3. The first-order valence-electron chi connectivity index (χ1n) is 6.42. The summed E-state index contributed by atoms with van der Waals surface area (Å²) in [6.45, 7) is 0.508. The zero-order valence-electron chi connectivity index (χ0n) is 10.7. The molecule has 0 bridgehead atoms. The Bertz CT molecular complexity index is 638. The van der Waals surface area contributed by atoms with Crippen LogP contribution >= 0.6 is 15.9 Å². The molecule has 2 aromatic rings. The van der Waals surface area contributed by atoms with Gasteiger partial charge in [-0.15, -0.1) is 0 Å². The number of hydrogen-bond donors (Lipinski definition) is 2. The molecule has 0 saturated heterocycles. The molecule has 104 valence electrons. The number of hydrogen-bond acceptors (Lipinski definition) is 3. The number of fused-ring (bicyclic) bond motifs is 1. The first-order valence-corrected chi connectivity index (χ1v) is 7.21. The van der Waals surface area contributed by atoms with E-state index >= 15 is 0 Å². The molecular formula is C15H14BrNO3. The predicted molar refractivity (Wildman–Crippen MR) is 77.3 cm³/mol. The Kier molecular flexibility index (Phi) is 3.63. The lowest BCUT2D eigenvalue weighted by Crippen LogP contribution is -2.29. The Hall–Kier alpha value is -1.59. The summed E-state index contributed by atoms with van der Waals surface area (Å²) in [5.41, 5.74) is 2.18. The molecule has 4 nitrogen and oxygen atoms in total. The van der Waals surface area contributed by atoms with Gasteiger partial charge in [0.1, 0.15) is 12.0 Å². The number of carboxylic acids is 1. The van der Waals surface area contributed by atoms with Gasteiger partial charge in [-0.1, -0.05) is 24.3 Å². The Morgan fingerprint density at radius 1 is 1.45 bits per heavy atom. The number of benzene rings is 1. The van der Waals surface area contributed by atoms with Crippen LogP contribution in [0.25, 0.3) is 0 Å². The number of carbonyl (C=O) groups is 1. The van der Waals surface area contributed by atoms with Gasteiger partial charge in [0, 0.05) is 6.04 Å². The molecule has 1 aliphatic rings. The largest absolute Gasteiger partial charge is 0.481 e. The lowest BCUT2D eigenvalue weighted by atomic mass is 10.0. The first kappa shape index (κ1) is 13.4. The van der Waals surface area contributed by atoms with Crippen molar-refractivity contribution in [3.8, 4) is 0 Å². The van der Waals surface area contributed by atoms with E-state index in [4.69, 9.17) is 4.42 Å². The summed E-state index contributed by atoms with van der Waals surface area (Å²) in [6.07, 6.45) is 2.19. The standard InChI is InChI=1S/C15H14BrNO3/c16-10-6-11(20-8-10)7-17-14-12-4-2-1-3-9(12)5-13(14)15(18)19/h1-4,6,8,13-14,17H,5,7H2,(H,18,19)/t13-,14+/m1/s1. The van der Waals surface area contributed by atoms with Crippen LogP contribution in [-0.4, -0.2) is 11.1 Å². The third kappa shape index (κ3) is 2.51. The Balaban J connectivity index is 1.80. The fraction of sp³-hybridized carbons (Fsp3) is 0.267. The molecule has 1 aromatic heterocycles. The van der Waals surface area contributed by atoms with Gasteiger partial charge in [-0.3, -0.25) is 4.79 Å². The van der Waals surface area contributed by atoms with Crippen LogP contribution in [0.15, 0.2) is 45.5 Å². The van der Waals surface area contributed by atoms with Gasteiger partial charge in [-0.25, -0.2) is 0 Å². The van der Waals surface area contributed by atoms with E-state index in [1.165, 1.54) is 0 Å². The first-order chi connectivity index (χ1) is 9.65. The summed E-state index contributed by atoms with van der Waals surface area (Å²) >= 11 is 3.33. The molecular weight excluding hydrogens is 322 g/mol. The third-order valence-electron chi connectivity index (χ3n) is 3.67. The minimum absolute atomic E-state index is 0.174. The molecule has 1 heterocycles. The molecule has 1 aliphatic carbocycles. The van der Waals surface area contributed by atoms with Crippen LogP contribution in [0.4, 0.5) is 0 Å². The van der Waals surface area contributed by atoms with Gasteiger partial charge >= 0.3 is 5.97 Å². The monoisotopic (exact) mass is 335 g/mol. The minimum Gasteiger partial charge on any atom is -0.481 e. The fourth-order valence-corrected chi connectivity index (χ4v) is 3.08. The number of nitrogens with one attached hydrogen (secondary N) is 1. The number of furan rings is 1. The van der Waals surface area contributed by atoms with E-state index in [0.717, 1.165) is 21.4 Å². The summed E-state index contributed by atoms with van der Waals surface area (Å²) < 4.78 is 6.24. The maximum Gasteiger partial charge on any atom is 0.308 e. The van der Waals surface area contributed by atoms with E-state index in [2.05, 4.69) is 21.2 Å². The summed E-state index contributed by atoms with van der Waals surface area (Å²) in [5.74, 6) is -0.407. The Morgan fingerprint density at radius 2 is 2.25 bits per heavy atom. The fourth-order valence-electron chi connectivity index (χ4n) is 2.73. The molecule has 1 aromatic carbocycles. The number of aliphatic carboxylic acids is 1. The third-order valence-corrected chi connectivity index (χ3v) is 4.08. The summed E-state index contributed by atoms with van der Waals surface area (Å²) in [6, 6.07) is 9.59. The molecule has 2 N–H and O–H groups in total. The van der Waals surface area contributed by atoms with Crippen molar-refractivity contribution >= 4 is 21.9 Å². The highest BCUT2D eigenvalue weighted by Gasteiger charge is 2.36. The van der Waals surface area contributed by atoms with Crippen LogP contribution in [0.2, 0.25) is 0 Å². The van der Waals surface area contributed by atoms with Gasteiger partial charge in [0.25, 0.3) is 0 Å². The van der Waals surface area contributed by atoms with Gasteiger partial charge in [-0.2, -0.15) is 0 Å². The quantitative estimate of drug-likeness (QED) is 0.901. The van der Waals surface area contributed by atoms with Crippen molar-refractivity contribution in [3.05, 3.63) is 58.0 Å². The highest BCUT2D eigenvalue weighted by molar-refractivity contribution is 9.10. The van der Waals surface area contributed by atoms with Crippen LogP contribution in [-0.2, 0) is 17.8 Å². The van der Waals surface area contributed by atoms with E-state index in [1.54, 1.807) is 6.26 Å². The minimum atomic E-state index is -0.765. The maximum absolute atomic E-state index is 11.4. The number of carboxylic acid groups (broad SMARTS) is 1. The molecule has 5 heteroatoms. The molecule has 0 spiro atoms. The number of rotatable bonds is 4. The van der Waals surface area contributed by atoms with Gasteiger partial charge < -0.3 is 14.8 Å². The molecule has 2 atom stereocenters. The Labute approximate surface area is 124 Å². The molecule has 3 rings (SSSR count). The van der Waals surface area contributed by atoms with Gasteiger partial charge in [0.15, 0.2) is 0 Å². The van der Waals surface area contributed by atoms with Crippen molar-refractivity contribution in [2.24, 2.45) is 5.92 Å². The van der Waals surface area contributed by atoms with Crippen molar-refractivity contribution < 1.29 is 14.3 Å². The zero-order chi connectivity index (χ0) is 14.1. The molecule has 0 saturated carbocycles. The topological polar surface area (TPSA) is 62.5 Å². The summed E-state index contributed by atoms with van der Waals surface area (Å²) in [4.78, 5) is 11.4. The van der Waals surface area contributed by atoms with Gasteiger partial charge in [0.2, 0.25) is 0 Å². The normalized spacial score (nSPS) is 20.9. The lowest BCUT2D eigenvalue weighted by molar-refractivity contribution is -0.142. The lowest BCUT2D eigenvalue weighted by Gasteiger charge is -2.18. The summed E-state index contributed by atoms with van der Waals surface area (Å²) in [7, 11) is 0. The molecule has 0 radical (unpaired) electrons. The van der Waals surface area contributed by atoms with Crippen LogP contribution in [0, 0.1) is 5.92 Å². The molecule has 0 unspecified atom stereocenters. The van der Waals surface area contributed by atoms with Gasteiger partial charge in [-0.05, 0) is 39.5 Å². The second-order valence-electron chi connectivity index (χ2n) is 4.94. The molecule has 20 heavy (non-hydrogen) atoms. The van der Waals surface area contributed by atoms with Crippen LogP contribution in [0.5, 0.6) is 0 Å². The highest BCUT2D eigenvalue weighted by Crippen LogP contribution is 2.36. The molecule has 0 aliphatic heterocycles. The van der Waals surface area contributed by atoms with Crippen LogP contribution in [0.3, 0.4) is 0 Å². The average Bonchev–Trinajstić information content (AvgIpc) is 3.00. The van der Waals surface area contributed by atoms with Crippen LogP contribution < -0.4 is 5.32 Å². The SMILES string of the molecule is O=C(O)[C@@H]1Cc2ccccc2[C@@H]1NCc1cc(Br)co1. The van der Waals surface area contributed by atoms with Crippen molar-refractivity contribution in [2.45, 2.75) is 19.0 Å². The van der Waals surface area contributed by atoms with E-state index in [0.29, 0.717) is 13.0 Å². The molecule has 0 fully saturated rings. The highest BCUT2D eigenvalue weighted by atomic mass is 79.9. The van der Waals surface area contributed by atoms with E-state index < -0.39 is 11.9 Å². The number of halogens is 1. The smallest absolute Gasteiger partial charge is 0.308 e. The average molecular weight is 336 g/mol. The second kappa shape index (κ2) is 5.42. The second-order valence-corrected chi connectivity index (χ2v) is 5.85. The Morgan fingerprint density at radius 3 is 2.95 bits per heavy atom. The van der Waals surface area contributed by atoms with Crippen molar-refractivity contribution in [2.75, 3.05) is 0 Å².